The van der Waals surface area contributed by atoms with Gasteiger partial charge in [-0.3, -0.25) is 4.79 Å². The van der Waals surface area contributed by atoms with E-state index in [0.29, 0.717) is 27.6 Å². The predicted molar refractivity (Wildman–Crippen MR) is 73.1 cm³/mol. The third-order valence-corrected chi connectivity index (χ3v) is 3.40. The number of carbonyl (C=O) groups is 1. The van der Waals surface area contributed by atoms with Crippen LogP contribution in [-0.2, 0) is 0 Å². The lowest BCUT2D eigenvalue weighted by Crippen LogP contribution is -2.04. The minimum absolute atomic E-state index is 0.174. The van der Waals surface area contributed by atoms with Crippen LogP contribution in [0.4, 0.5) is 8.78 Å². The molecule has 100 valence electrons. The molecule has 20 heavy (non-hydrogen) atoms. The molecular formula is C15H8ClF2NO. The lowest BCUT2D eigenvalue weighted by molar-refractivity contribution is 0.103. The minimum atomic E-state index is -0.883. The molecule has 1 heterocycles. The van der Waals surface area contributed by atoms with Crippen LogP contribution in [0.2, 0.25) is 5.02 Å². The molecule has 0 amide bonds. The fourth-order valence-corrected chi connectivity index (χ4v) is 2.35. The van der Waals surface area contributed by atoms with Gasteiger partial charge in [0.2, 0.25) is 0 Å². The smallest absolute Gasteiger partial charge is 0.198 e. The molecule has 0 radical (unpaired) electrons. The SMILES string of the molecule is O=C(c1ccc(F)cc1F)c1c[nH]c2c(Cl)cccc12. The summed E-state index contributed by atoms with van der Waals surface area (Å²) in [6.45, 7) is 0. The molecular weight excluding hydrogens is 284 g/mol. The molecule has 0 spiro atoms. The Bertz CT molecular complexity index is 826. The van der Waals surface area contributed by atoms with Crippen molar-refractivity contribution in [2.45, 2.75) is 0 Å². The topological polar surface area (TPSA) is 32.9 Å². The monoisotopic (exact) mass is 291 g/mol. The van der Waals surface area contributed by atoms with Crippen molar-refractivity contribution >= 4 is 28.3 Å². The number of para-hydroxylation sites is 1. The van der Waals surface area contributed by atoms with Gasteiger partial charge in [-0.15, -0.1) is 0 Å². The largest absolute Gasteiger partial charge is 0.359 e. The number of fused-ring (bicyclic) bond motifs is 1. The number of aromatic nitrogens is 1. The molecule has 0 fully saturated rings. The van der Waals surface area contributed by atoms with Crippen molar-refractivity contribution in [1.29, 1.82) is 0 Å². The van der Waals surface area contributed by atoms with E-state index in [2.05, 4.69) is 4.98 Å². The van der Waals surface area contributed by atoms with Gasteiger partial charge in [-0.2, -0.15) is 0 Å². The summed E-state index contributed by atoms with van der Waals surface area (Å²) in [7, 11) is 0. The van der Waals surface area contributed by atoms with E-state index >= 15 is 0 Å². The maximum absolute atomic E-state index is 13.7. The molecule has 0 aliphatic carbocycles. The molecule has 3 aromatic rings. The van der Waals surface area contributed by atoms with Gasteiger partial charge in [0.25, 0.3) is 0 Å². The second kappa shape index (κ2) is 4.72. The Kier molecular flexibility index (Phi) is 3.03. The van der Waals surface area contributed by atoms with Crippen LogP contribution in [0.3, 0.4) is 0 Å². The van der Waals surface area contributed by atoms with Crippen molar-refractivity contribution in [1.82, 2.24) is 4.98 Å². The number of carbonyl (C=O) groups excluding carboxylic acids is 1. The fraction of sp³-hybridized carbons (Fsp3) is 0. The van der Waals surface area contributed by atoms with Crippen LogP contribution >= 0.6 is 11.6 Å². The molecule has 0 bridgehead atoms. The Hall–Kier alpha value is -2.20. The van der Waals surface area contributed by atoms with Crippen LogP contribution in [0.5, 0.6) is 0 Å². The molecule has 0 aliphatic rings. The van der Waals surface area contributed by atoms with Gasteiger partial charge in [0.15, 0.2) is 5.78 Å². The van der Waals surface area contributed by atoms with E-state index in [0.717, 1.165) is 12.1 Å². The Morgan fingerprint density at radius 3 is 2.65 bits per heavy atom. The lowest BCUT2D eigenvalue weighted by atomic mass is 10.0. The van der Waals surface area contributed by atoms with Crippen molar-refractivity contribution in [3.63, 3.8) is 0 Å². The molecule has 1 N–H and O–H groups in total. The van der Waals surface area contributed by atoms with E-state index in [-0.39, 0.29) is 5.56 Å². The van der Waals surface area contributed by atoms with Gasteiger partial charge >= 0.3 is 0 Å². The maximum Gasteiger partial charge on any atom is 0.198 e. The summed E-state index contributed by atoms with van der Waals surface area (Å²) in [4.78, 5) is 15.2. The fourth-order valence-electron chi connectivity index (χ4n) is 2.12. The van der Waals surface area contributed by atoms with Gasteiger partial charge in [-0.25, -0.2) is 8.78 Å². The number of halogens is 3. The van der Waals surface area contributed by atoms with Crippen molar-refractivity contribution in [3.05, 3.63) is 70.4 Å². The molecule has 0 saturated heterocycles. The Balaban J connectivity index is 2.16. The van der Waals surface area contributed by atoms with Gasteiger partial charge < -0.3 is 4.98 Å². The van der Waals surface area contributed by atoms with Crippen molar-refractivity contribution in [2.75, 3.05) is 0 Å². The summed E-state index contributed by atoms with van der Waals surface area (Å²) in [5, 5.41) is 1.08. The first-order valence-electron chi connectivity index (χ1n) is 5.83. The summed E-state index contributed by atoms with van der Waals surface area (Å²) in [5.41, 5.74) is 0.736. The number of hydrogen-bond acceptors (Lipinski definition) is 1. The zero-order valence-electron chi connectivity index (χ0n) is 10.1. The predicted octanol–water partition coefficient (Wildman–Crippen LogP) is 4.33. The van der Waals surface area contributed by atoms with E-state index in [1.54, 1.807) is 18.2 Å². The van der Waals surface area contributed by atoms with Crippen molar-refractivity contribution in [2.24, 2.45) is 0 Å². The van der Waals surface area contributed by atoms with Crippen LogP contribution in [0.1, 0.15) is 15.9 Å². The third-order valence-electron chi connectivity index (χ3n) is 3.09. The van der Waals surface area contributed by atoms with Crippen molar-refractivity contribution in [3.8, 4) is 0 Å². The first-order valence-corrected chi connectivity index (χ1v) is 6.21. The third kappa shape index (κ3) is 1.98. The summed E-state index contributed by atoms with van der Waals surface area (Å²) >= 11 is 6.01. The van der Waals surface area contributed by atoms with Crippen LogP contribution in [0.25, 0.3) is 10.9 Å². The molecule has 2 nitrogen and oxygen atoms in total. The summed E-state index contributed by atoms with van der Waals surface area (Å²) in [6.07, 6.45) is 1.47. The quantitative estimate of drug-likeness (QED) is 0.700. The first kappa shape index (κ1) is 12.8. The summed E-state index contributed by atoms with van der Waals surface area (Å²) < 4.78 is 26.6. The highest BCUT2D eigenvalue weighted by Crippen LogP contribution is 2.27. The maximum atomic E-state index is 13.7. The van der Waals surface area contributed by atoms with Crippen LogP contribution in [0, 0.1) is 11.6 Å². The highest BCUT2D eigenvalue weighted by molar-refractivity contribution is 6.35. The van der Waals surface area contributed by atoms with E-state index in [4.69, 9.17) is 11.6 Å². The lowest BCUT2D eigenvalue weighted by Gasteiger charge is -2.02. The highest BCUT2D eigenvalue weighted by atomic mass is 35.5. The molecule has 0 unspecified atom stereocenters. The molecule has 5 heteroatoms. The molecule has 0 aliphatic heterocycles. The molecule has 1 aromatic heterocycles. The summed E-state index contributed by atoms with van der Waals surface area (Å²) in [5.74, 6) is -2.12. The standard InChI is InChI=1S/C15H8ClF2NO/c16-12-3-1-2-9-11(7-19-14(9)12)15(20)10-5-4-8(17)6-13(10)18/h1-7,19H. The number of H-pyrrole nitrogens is 1. The van der Waals surface area contributed by atoms with Gasteiger partial charge in [0.1, 0.15) is 11.6 Å². The Morgan fingerprint density at radius 1 is 1.10 bits per heavy atom. The second-order valence-electron chi connectivity index (χ2n) is 4.32. The van der Waals surface area contributed by atoms with Gasteiger partial charge in [-0.05, 0) is 18.2 Å². The molecule has 0 atom stereocenters. The number of hydrogen-bond donors (Lipinski definition) is 1. The highest BCUT2D eigenvalue weighted by Gasteiger charge is 2.18. The summed E-state index contributed by atoms with van der Waals surface area (Å²) in [6, 6.07) is 7.99. The molecule has 3 rings (SSSR count). The van der Waals surface area contributed by atoms with Gasteiger partial charge in [-0.1, -0.05) is 23.7 Å². The average Bonchev–Trinajstić information content (AvgIpc) is 2.83. The average molecular weight is 292 g/mol. The molecule has 2 aromatic carbocycles. The van der Waals surface area contributed by atoms with Gasteiger partial charge in [0, 0.05) is 23.2 Å². The van der Waals surface area contributed by atoms with Crippen LogP contribution in [-0.4, -0.2) is 10.8 Å². The second-order valence-corrected chi connectivity index (χ2v) is 4.73. The normalized spacial score (nSPS) is 10.9. The molecule has 0 saturated carbocycles. The van der Waals surface area contributed by atoms with Crippen LogP contribution < -0.4 is 0 Å². The Labute approximate surface area is 118 Å². The van der Waals surface area contributed by atoms with E-state index in [1.165, 1.54) is 6.20 Å². The number of benzene rings is 2. The first-order chi connectivity index (χ1) is 9.58. The van der Waals surface area contributed by atoms with E-state index in [9.17, 15) is 13.6 Å². The Morgan fingerprint density at radius 2 is 1.90 bits per heavy atom. The number of ketones is 1. The zero-order valence-corrected chi connectivity index (χ0v) is 10.8. The zero-order chi connectivity index (χ0) is 14.3. The van der Waals surface area contributed by atoms with Crippen LogP contribution in [0.15, 0.2) is 42.6 Å². The number of nitrogens with one attached hydrogen (secondary N) is 1. The van der Waals surface area contributed by atoms with E-state index < -0.39 is 17.4 Å². The van der Waals surface area contributed by atoms with E-state index in [1.807, 2.05) is 0 Å². The minimum Gasteiger partial charge on any atom is -0.359 e. The van der Waals surface area contributed by atoms with Crippen molar-refractivity contribution < 1.29 is 13.6 Å². The number of rotatable bonds is 2. The number of aromatic amines is 1. The van der Waals surface area contributed by atoms with Gasteiger partial charge in [0.05, 0.1) is 16.1 Å².